The van der Waals surface area contributed by atoms with Gasteiger partial charge in [0.05, 0.1) is 17.8 Å². The van der Waals surface area contributed by atoms with Gasteiger partial charge >= 0.3 is 5.97 Å². The molecular weight excluding hydrogens is 444 g/mol. The second kappa shape index (κ2) is 10.6. The van der Waals surface area contributed by atoms with E-state index in [1.165, 1.54) is 11.8 Å². The molecule has 2 aromatic rings. The number of nitrogens with two attached hydrogens (primary N) is 1. The van der Waals surface area contributed by atoms with Crippen molar-refractivity contribution in [1.82, 2.24) is 15.3 Å². The molecule has 2 heterocycles. The lowest BCUT2D eigenvalue weighted by Gasteiger charge is -2.33. The second-order valence-corrected chi connectivity index (χ2v) is 7.98. The molecular formula is C22H26N6O6. The first-order valence-corrected chi connectivity index (χ1v) is 10.7. The van der Waals surface area contributed by atoms with E-state index >= 15 is 0 Å². The van der Waals surface area contributed by atoms with Gasteiger partial charge in [0, 0.05) is 24.2 Å². The zero-order valence-corrected chi connectivity index (χ0v) is 18.5. The van der Waals surface area contributed by atoms with Crippen LogP contribution in [0.2, 0.25) is 0 Å². The Morgan fingerprint density at radius 3 is 2.65 bits per heavy atom. The summed E-state index contributed by atoms with van der Waals surface area (Å²) in [6.45, 7) is 1.65. The molecule has 2 amide bonds. The number of carboxylic acids is 1. The lowest BCUT2D eigenvalue weighted by Crippen LogP contribution is -2.46. The smallest absolute Gasteiger partial charge is 0.303 e. The number of nitrogen functional groups attached to an aromatic ring is 1. The summed E-state index contributed by atoms with van der Waals surface area (Å²) in [6.07, 6.45) is 1.46. The number of aromatic nitrogens is 2. The minimum atomic E-state index is -1.05. The highest BCUT2D eigenvalue weighted by molar-refractivity contribution is 5.97. The van der Waals surface area contributed by atoms with Crippen LogP contribution in [-0.4, -0.2) is 57.8 Å². The summed E-state index contributed by atoms with van der Waals surface area (Å²) in [7, 11) is 0. The van der Waals surface area contributed by atoms with E-state index in [0.29, 0.717) is 42.7 Å². The molecule has 0 aliphatic carbocycles. The predicted molar refractivity (Wildman–Crippen MR) is 124 cm³/mol. The molecule has 0 radical (unpaired) electrons. The number of aryl methyl sites for hydroxylation is 1. The number of benzene rings is 1. The van der Waals surface area contributed by atoms with Crippen LogP contribution in [0.4, 0.5) is 17.3 Å². The SMILES string of the molecule is CC(=O)[C@H](CCC(=O)O)NC(=O)c1ccc(NCC2CCc3nc(N)[nH]c(=O)c3N2C=O)cc1. The molecule has 1 unspecified atom stereocenters. The molecule has 1 aliphatic rings. The predicted octanol–water partition coefficient (Wildman–Crippen LogP) is 0.294. The summed E-state index contributed by atoms with van der Waals surface area (Å²) in [6, 6.07) is 5.31. The van der Waals surface area contributed by atoms with Crippen LogP contribution >= 0.6 is 0 Å². The molecule has 1 aromatic heterocycles. The van der Waals surface area contributed by atoms with E-state index in [-0.39, 0.29) is 36.3 Å². The Labute approximate surface area is 194 Å². The molecule has 12 heteroatoms. The molecule has 0 bridgehead atoms. The third-order valence-electron chi connectivity index (χ3n) is 5.60. The first kappa shape index (κ1) is 24.4. The van der Waals surface area contributed by atoms with Crippen LogP contribution < -0.4 is 26.8 Å². The lowest BCUT2D eigenvalue weighted by atomic mass is 10.0. The number of carboxylic acid groups (broad SMARTS) is 1. The summed E-state index contributed by atoms with van der Waals surface area (Å²) in [5.41, 5.74) is 6.78. The first-order valence-electron chi connectivity index (χ1n) is 10.7. The number of aromatic amines is 1. The highest BCUT2D eigenvalue weighted by atomic mass is 16.4. The van der Waals surface area contributed by atoms with Gasteiger partial charge in [0.2, 0.25) is 12.4 Å². The molecule has 3 rings (SSSR count). The van der Waals surface area contributed by atoms with Crippen LogP contribution in [0.15, 0.2) is 29.1 Å². The Morgan fingerprint density at radius 1 is 1.32 bits per heavy atom. The number of carbonyl (C=O) groups excluding carboxylic acids is 3. The molecule has 0 fully saturated rings. The number of fused-ring (bicyclic) bond motifs is 1. The highest BCUT2D eigenvalue weighted by Gasteiger charge is 2.29. The molecule has 34 heavy (non-hydrogen) atoms. The molecule has 6 N–H and O–H groups in total. The number of anilines is 3. The topological polar surface area (TPSA) is 188 Å². The van der Waals surface area contributed by atoms with E-state index in [2.05, 4.69) is 20.6 Å². The van der Waals surface area contributed by atoms with E-state index < -0.39 is 23.5 Å². The largest absolute Gasteiger partial charge is 0.481 e. The van der Waals surface area contributed by atoms with Gasteiger partial charge in [0.15, 0.2) is 5.78 Å². The van der Waals surface area contributed by atoms with Crippen molar-refractivity contribution in [2.24, 2.45) is 0 Å². The van der Waals surface area contributed by atoms with Gasteiger partial charge in [-0.05, 0) is 50.5 Å². The fraction of sp³-hybridized carbons (Fsp3) is 0.364. The van der Waals surface area contributed by atoms with E-state index in [4.69, 9.17) is 10.8 Å². The number of aliphatic carboxylic acids is 1. The van der Waals surface area contributed by atoms with E-state index in [1.807, 2.05) is 0 Å². The van der Waals surface area contributed by atoms with Crippen molar-refractivity contribution in [3.8, 4) is 0 Å². The van der Waals surface area contributed by atoms with Crippen molar-refractivity contribution in [2.45, 2.75) is 44.7 Å². The molecule has 0 spiro atoms. The van der Waals surface area contributed by atoms with Crippen LogP contribution in [0.1, 0.15) is 42.2 Å². The number of hydrogen-bond acceptors (Lipinski definition) is 8. The summed E-state index contributed by atoms with van der Waals surface area (Å²) < 4.78 is 0. The Kier molecular flexibility index (Phi) is 7.61. The third kappa shape index (κ3) is 5.77. The van der Waals surface area contributed by atoms with E-state index in [0.717, 1.165) is 0 Å². The molecule has 0 saturated carbocycles. The standard InChI is InChI=1S/C22H26N6O6/c1-12(30)16(8-9-18(31)32)25-20(33)13-2-4-14(5-3-13)24-10-15-6-7-17-19(28(15)11-29)21(34)27-22(23)26-17/h2-5,11,15-16,24H,6-10H2,1H3,(H,25,33)(H,31,32)(H3,23,26,27,34)/t15?,16-/m0/s1. The van der Waals surface area contributed by atoms with Crippen molar-refractivity contribution in [2.75, 3.05) is 22.5 Å². The zero-order valence-electron chi connectivity index (χ0n) is 18.5. The van der Waals surface area contributed by atoms with Crippen LogP contribution in [-0.2, 0) is 20.8 Å². The van der Waals surface area contributed by atoms with Gasteiger partial charge in [0.25, 0.3) is 11.5 Å². The maximum absolute atomic E-state index is 12.5. The summed E-state index contributed by atoms with van der Waals surface area (Å²) in [4.78, 5) is 66.8. The average molecular weight is 470 g/mol. The number of H-pyrrole nitrogens is 1. The quantitative estimate of drug-likeness (QED) is 0.304. The summed E-state index contributed by atoms with van der Waals surface area (Å²) in [5.74, 6) is -1.85. The van der Waals surface area contributed by atoms with Crippen LogP contribution in [0, 0.1) is 0 Å². The Balaban J connectivity index is 1.62. The Morgan fingerprint density at radius 2 is 2.03 bits per heavy atom. The van der Waals surface area contributed by atoms with Crippen molar-refractivity contribution < 1.29 is 24.3 Å². The summed E-state index contributed by atoms with van der Waals surface area (Å²) >= 11 is 0. The highest BCUT2D eigenvalue weighted by Crippen LogP contribution is 2.25. The number of rotatable bonds is 10. The second-order valence-electron chi connectivity index (χ2n) is 7.98. The fourth-order valence-electron chi connectivity index (χ4n) is 3.80. The van der Waals surface area contributed by atoms with Crippen molar-refractivity contribution in [1.29, 1.82) is 0 Å². The monoisotopic (exact) mass is 470 g/mol. The van der Waals surface area contributed by atoms with Crippen LogP contribution in [0.25, 0.3) is 0 Å². The molecule has 1 aromatic carbocycles. The molecule has 2 atom stereocenters. The van der Waals surface area contributed by atoms with Crippen LogP contribution in [0.3, 0.4) is 0 Å². The Hall–Kier alpha value is -4.22. The van der Waals surface area contributed by atoms with Crippen molar-refractivity contribution in [3.05, 3.63) is 45.9 Å². The van der Waals surface area contributed by atoms with Gasteiger partial charge in [-0.25, -0.2) is 4.98 Å². The van der Waals surface area contributed by atoms with Gasteiger partial charge in [0.1, 0.15) is 5.69 Å². The fourth-order valence-corrected chi connectivity index (χ4v) is 3.80. The number of ketones is 1. The van der Waals surface area contributed by atoms with Gasteiger partial charge in [-0.15, -0.1) is 0 Å². The number of amides is 2. The van der Waals surface area contributed by atoms with Gasteiger partial charge in [-0.1, -0.05) is 0 Å². The number of hydrogen-bond donors (Lipinski definition) is 5. The van der Waals surface area contributed by atoms with E-state index in [9.17, 15) is 24.0 Å². The van der Waals surface area contributed by atoms with Gasteiger partial charge in [-0.3, -0.25) is 29.0 Å². The minimum Gasteiger partial charge on any atom is -0.481 e. The maximum Gasteiger partial charge on any atom is 0.303 e. The first-order chi connectivity index (χ1) is 16.2. The number of Topliss-reactive ketones (excluding diaryl/α,β-unsaturated/α-hetero) is 1. The summed E-state index contributed by atoms with van der Waals surface area (Å²) in [5, 5.41) is 14.5. The average Bonchev–Trinajstić information content (AvgIpc) is 2.79. The number of carbonyl (C=O) groups is 4. The number of nitrogens with one attached hydrogen (secondary N) is 3. The maximum atomic E-state index is 12.5. The van der Waals surface area contributed by atoms with E-state index in [1.54, 1.807) is 24.3 Å². The lowest BCUT2D eigenvalue weighted by molar-refractivity contribution is -0.137. The normalized spacial score (nSPS) is 15.7. The van der Waals surface area contributed by atoms with Crippen molar-refractivity contribution in [3.63, 3.8) is 0 Å². The van der Waals surface area contributed by atoms with Gasteiger partial charge < -0.3 is 26.4 Å². The third-order valence-corrected chi connectivity index (χ3v) is 5.60. The molecule has 1 aliphatic heterocycles. The number of nitrogens with zero attached hydrogens (tertiary/aromatic N) is 2. The minimum absolute atomic E-state index is 0.00631. The zero-order chi connectivity index (χ0) is 24.8. The molecule has 0 saturated heterocycles. The van der Waals surface area contributed by atoms with Crippen molar-refractivity contribution >= 4 is 41.4 Å². The van der Waals surface area contributed by atoms with Gasteiger partial charge in [-0.2, -0.15) is 0 Å². The Bertz CT molecular complexity index is 1150. The molecule has 180 valence electrons. The molecule has 12 nitrogen and oxygen atoms in total. The van der Waals surface area contributed by atoms with Crippen LogP contribution in [0.5, 0.6) is 0 Å².